The van der Waals surface area contributed by atoms with Gasteiger partial charge >= 0.3 is 6.01 Å². The predicted molar refractivity (Wildman–Crippen MR) is 80.6 cm³/mol. The minimum Gasteiger partial charge on any atom is -0.464 e. The van der Waals surface area contributed by atoms with Crippen LogP contribution in [0, 0.1) is 5.92 Å². The number of nitrogens with zero attached hydrogens (tertiary/aromatic N) is 3. The average molecular weight is 282 g/mol. The van der Waals surface area contributed by atoms with Crippen molar-refractivity contribution in [2.45, 2.75) is 46.5 Å². The van der Waals surface area contributed by atoms with Crippen molar-refractivity contribution < 1.29 is 4.74 Å². The number of unbranched alkanes of at least 4 members (excludes halogenated alkanes) is 1. The molecule has 0 spiro atoms. The number of hydrazine groups is 1. The van der Waals surface area contributed by atoms with Gasteiger partial charge in [-0.1, -0.05) is 33.1 Å². The third kappa shape index (κ3) is 5.56. The number of hydrogen-bond acceptors (Lipinski definition) is 7. The van der Waals surface area contributed by atoms with Gasteiger partial charge in [-0.3, -0.25) is 5.43 Å². The fourth-order valence-electron chi connectivity index (χ4n) is 1.87. The van der Waals surface area contributed by atoms with Crippen LogP contribution in [0.5, 0.6) is 6.01 Å². The lowest BCUT2D eigenvalue weighted by molar-refractivity contribution is 0.312. The van der Waals surface area contributed by atoms with E-state index in [1.165, 1.54) is 19.3 Å². The summed E-state index contributed by atoms with van der Waals surface area (Å²) < 4.78 is 5.29. The van der Waals surface area contributed by atoms with Crippen molar-refractivity contribution in [2.24, 2.45) is 11.8 Å². The molecule has 0 fully saturated rings. The van der Waals surface area contributed by atoms with E-state index < -0.39 is 0 Å². The van der Waals surface area contributed by atoms with Crippen molar-refractivity contribution in [3.8, 4) is 6.01 Å². The minimum atomic E-state index is 0.277. The molecule has 0 aromatic carbocycles. The smallest absolute Gasteiger partial charge is 0.323 e. The van der Waals surface area contributed by atoms with E-state index >= 15 is 0 Å². The Morgan fingerprint density at radius 3 is 2.50 bits per heavy atom. The zero-order chi connectivity index (χ0) is 14.8. The third-order valence-corrected chi connectivity index (χ3v) is 3.11. The number of anilines is 2. The van der Waals surface area contributed by atoms with Crippen molar-refractivity contribution in [1.29, 1.82) is 0 Å². The lowest BCUT2D eigenvalue weighted by Gasteiger charge is -2.15. The van der Waals surface area contributed by atoms with Crippen LogP contribution in [0.15, 0.2) is 0 Å². The van der Waals surface area contributed by atoms with Crippen LogP contribution < -0.4 is 21.3 Å². The summed E-state index contributed by atoms with van der Waals surface area (Å²) in [7, 11) is 0. The summed E-state index contributed by atoms with van der Waals surface area (Å²) in [6.07, 6.45) is 4.82. The molecule has 0 aliphatic heterocycles. The third-order valence-electron chi connectivity index (χ3n) is 3.11. The number of aromatic nitrogens is 3. The van der Waals surface area contributed by atoms with Gasteiger partial charge in [-0.05, 0) is 19.3 Å². The molecule has 0 saturated carbocycles. The van der Waals surface area contributed by atoms with Crippen LogP contribution >= 0.6 is 0 Å². The van der Waals surface area contributed by atoms with Crippen LogP contribution in [-0.2, 0) is 0 Å². The van der Waals surface area contributed by atoms with Gasteiger partial charge in [0.15, 0.2) is 0 Å². The first kappa shape index (κ1) is 16.4. The highest BCUT2D eigenvalue weighted by Gasteiger charge is 2.09. The molecule has 0 aliphatic carbocycles. The summed E-state index contributed by atoms with van der Waals surface area (Å²) in [6.45, 7) is 7.63. The topological polar surface area (TPSA) is 98.0 Å². The molecule has 1 rings (SSSR count). The van der Waals surface area contributed by atoms with Gasteiger partial charge in [0, 0.05) is 6.54 Å². The van der Waals surface area contributed by atoms with E-state index in [-0.39, 0.29) is 6.01 Å². The van der Waals surface area contributed by atoms with Gasteiger partial charge in [0.2, 0.25) is 11.9 Å². The van der Waals surface area contributed by atoms with Gasteiger partial charge in [0.25, 0.3) is 0 Å². The Balaban J connectivity index is 2.63. The van der Waals surface area contributed by atoms with E-state index in [1.54, 1.807) is 0 Å². The van der Waals surface area contributed by atoms with E-state index in [4.69, 9.17) is 10.6 Å². The lowest BCUT2D eigenvalue weighted by atomic mass is 9.99. The second-order valence-electron chi connectivity index (χ2n) is 4.64. The molecule has 0 amide bonds. The summed E-state index contributed by atoms with van der Waals surface area (Å²) >= 11 is 0. The molecular weight excluding hydrogens is 256 g/mol. The summed E-state index contributed by atoms with van der Waals surface area (Å²) in [5.74, 6) is 6.76. The first-order valence-corrected chi connectivity index (χ1v) is 7.32. The highest BCUT2D eigenvalue weighted by molar-refractivity contribution is 5.34. The fourth-order valence-corrected chi connectivity index (χ4v) is 1.87. The van der Waals surface area contributed by atoms with Gasteiger partial charge in [0.1, 0.15) is 0 Å². The van der Waals surface area contributed by atoms with Crippen LogP contribution in [0.2, 0.25) is 0 Å². The van der Waals surface area contributed by atoms with Gasteiger partial charge < -0.3 is 10.1 Å². The molecule has 4 N–H and O–H groups in total. The number of hydrogen-bond donors (Lipinski definition) is 3. The molecule has 114 valence electrons. The Labute approximate surface area is 120 Å². The number of rotatable bonds is 10. The molecule has 0 radical (unpaired) electrons. The highest BCUT2D eigenvalue weighted by Crippen LogP contribution is 2.15. The second-order valence-corrected chi connectivity index (χ2v) is 4.64. The standard InChI is InChI=1S/C13H26N6O/c1-4-7-8-10(5-2)9-15-11-16-12(19-14)18-13(17-11)20-6-3/h10H,4-9,14H2,1-3H3,(H2,15,16,17,18,19). The molecule has 0 bridgehead atoms. The predicted octanol–water partition coefficient (Wildman–Crippen LogP) is 2.18. The molecule has 7 nitrogen and oxygen atoms in total. The first-order chi connectivity index (χ1) is 9.73. The first-order valence-electron chi connectivity index (χ1n) is 7.32. The summed E-state index contributed by atoms with van der Waals surface area (Å²) in [5, 5.41) is 3.24. The normalized spacial score (nSPS) is 12.0. The van der Waals surface area contributed by atoms with Crippen LogP contribution in [0.4, 0.5) is 11.9 Å². The van der Waals surface area contributed by atoms with E-state index in [0.29, 0.717) is 24.4 Å². The van der Waals surface area contributed by atoms with Crippen molar-refractivity contribution in [2.75, 3.05) is 23.9 Å². The Morgan fingerprint density at radius 1 is 1.15 bits per heavy atom. The molecular formula is C13H26N6O. The number of nitrogens with one attached hydrogen (secondary N) is 2. The number of nitrogen functional groups attached to an aromatic ring is 1. The Kier molecular flexibility index (Phi) is 7.64. The lowest BCUT2D eigenvalue weighted by Crippen LogP contribution is -2.18. The zero-order valence-corrected chi connectivity index (χ0v) is 12.6. The molecule has 1 unspecified atom stereocenters. The summed E-state index contributed by atoms with van der Waals surface area (Å²) in [6, 6.07) is 0.277. The Morgan fingerprint density at radius 2 is 1.90 bits per heavy atom. The molecule has 20 heavy (non-hydrogen) atoms. The second kappa shape index (κ2) is 9.30. The van der Waals surface area contributed by atoms with E-state index in [2.05, 4.69) is 39.5 Å². The zero-order valence-electron chi connectivity index (χ0n) is 12.6. The number of nitrogens with two attached hydrogens (primary N) is 1. The highest BCUT2D eigenvalue weighted by atomic mass is 16.5. The molecule has 0 aliphatic rings. The molecule has 1 aromatic heterocycles. The summed E-state index contributed by atoms with van der Waals surface area (Å²) in [5.41, 5.74) is 2.42. The molecule has 1 aromatic rings. The molecule has 1 heterocycles. The maximum atomic E-state index is 5.35. The monoisotopic (exact) mass is 282 g/mol. The van der Waals surface area contributed by atoms with Gasteiger partial charge in [-0.2, -0.15) is 15.0 Å². The van der Waals surface area contributed by atoms with Gasteiger partial charge in [-0.15, -0.1) is 0 Å². The van der Waals surface area contributed by atoms with E-state index in [0.717, 1.165) is 13.0 Å². The summed E-state index contributed by atoms with van der Waals surface area (Å²) in [4.78, 5) is 12.4. The van der Waals surface area contributed by atoms with Crippen LogP contribution in [0.1, 0.15) is 46.5 Å². The quantitative estimate of drug-likeness (QED) is 0.447. The number of ether oxygens (including phenoxy) is 1. The van der Waals surface area contributed by atoms with Crippen LogP contribution in [-0.4, -0.2) is 28.1 Å². The Hall–Kier alpha value is -1.63. The molecule has 0 saturated heterocycles. The largest absolute Gasteiger partial charge is 0.464 e. The SMILES string of the molecule is CCCCC(CC)CNc1nc(NN)nc(OCC)n1. The van der Waals surface area contributed by atoms with Crippen molar-refractivity contribution in [3.63, 3.8) is 0 Å². The maximum Gasteiger partial charge on any atom is 0.323 e. The van der Waals surface area contributed by atoms with Crippen molar-refractivity contribution in [1.82, 2.24) is 15.0 Å². The maximum absolute atomic E-state index is 5.35. The molecule has 1 atom stereocenters. The Bertz CT molecular complexity index is 387. The van der Waals surface area contributed by atoms with Crippen molar-refractivity contribution >= 4 is 11.9 Å². The van der Waals surface area contributed by atoms with Gasteiger partial charge in [0.05, 0.1) is 6.61 Å². The van der Waals surface area contributed by atoms with E-state index in [9.17, 15) is 0 Å². The minimum absolute atomic E-state index is 0.277. The van der Waals surface area contributed by atoms with Crippen LogP contribution in [0.25, 0.3) is 0 Å². The fraction of sp³-hybridized carbons (Fsp3) is 0.769. The molecule has 7 heteroatoms. The van der Waals surface area contributed by atoms with Gasteiger partial charge in [-0.25, -0.2) is 5.84 Å². The van der Waals surface area contributed by atoms with Crippen molar-refractivity contribution in [3.05, 3.63) is 0 Å². The average Bonchev–Trinajstić information content (AvgIpc) is 2.47. The van der Waals surface area contributed by atoms with E-state index in [1.807, 2.05) is 6.92 Å². The van der Waals surface area contributed by atoms with Crippen LogP contribution in [0.3, 0.4) is 0 Å².